The number of amides is 2. The number of nitrogens with two attached hydrogens (primary N) is 2. The molecule has 0 fully saturated rings. The Kier molecular flexibility index (Phi) is 6.24. The lowest BCUT2D eigenvalue weighted by atomic mass is 10.0. The monoisotopic (exact) mass is 408 g/mol. The number of ether oxygens (including phenoxy) is 1. The lowest BCUT2D eigenvalue weighted by Crippen LogP contribution is -2.49. The van der Waals surface area contributed by atoms with Gasteiger partial charge in [0, 0.05) is 12.6 Å². The van der Waals surface area contributed by atoms with Gasteiger partial charge in [0.2, 0.25) is 0 Å². The number of benzene rings is 2. The number of hydrogen-bond donors (Lipinski definition) is 3. The van der Waals surface area contributed by atoms with E-state index in [1.54, 1.807) is 18.2 Å². The SMILES string of the molecule is CCc1cccc(N(N)C(=O)N(C)N)c1COc1ccc(O)cc1Br. The molecule has 0 aliphatic heterocycles. The third-order valence-electron chi connectivity index (χ3n) is 3.68. The predicted molar refractivity (Wildman–Crippen MR) is 100.0 cm³/mol. The molecule has 2 rings (SSSR count). The molecule has 2 aromatic rings. The third-order valence-corrected chi connectivity index (χ3v) is 4.30. The molecule has 0 spiro atoms. The van der Waals surface area contributed by atoms with Crippen LogP contribution in [0.1, 0.15) is 18.1 Å². The third kappa shape index (κ3) is 4.41. The highest BCUT2D eigenvalue weighted by atomic mass is 79.9. The number of phenols is 1. The number of hydrogen-bond acceptors (Lipinski definition) is 5. The summed E-state index contributed by atoms with van der Waals surface area (Å²) in [7, 11) is 1.43. The first kappa shape index (κ1) is 19.0. The van der Waals surface area contributed by atoms with Crippen LogP contribution >= 0.6 is 15.9 Å². The highest BCUT2D eigenvalue weighted by Gasteiger charge is 2.19. The average molecular weight is 409 g/mol. The summed E-state index contributed by atoms with van der Waals surface area (Å²) in [5, 5.41) is 11.4. The van der Waals surface area contributed by atoms with E-state index in [9.17, 15) is 9.90 Å². The molecule has 0 aliphatic rings. The van der Waals surface area contributed by atoms with Crippen molar-refractivity contribution in [3.8, 4) is 11.5 Å². The van der Waals surface area contributed by atoms with E-state index in [4.69, 9.17) is 16.4 Å². The minimum absolute atomic E-state index is 0.138. The van der Waals surface area contributed by atoms with Gasteiger partial charge in [-0.3, -0.25) is 5.01 Å². The van der Waals surface area contributed by atoms with Crippen LogP contribution in [0, 0.1) is 0 Å². The smallest absolute Gasteiger partial charge is 0.352 e. The Morgan fingerprint density at radius 1 is 1.28 bits per heavy atom. The van der Waals surface area contributed by atoms with E-state index in [-0.39, 0.29) is 12.4 Å². The van der Waals surface area contributed by atoms with Crippen LogP contribution in [-0.2, 0) is 13.0 Å². The van der Waals surface area contributed by atoms with E-state index in [2.05, 4.69) is 15.9 Å². The summed E-state index contributed by atoms with van der Waals surface area (Å²) in [6.45, 7) is 2.22. The van der Waals surface area contributed by atoms with Gasteiger partial charge in [-0.25, -0.2) is 21.5 Å². The van der Waals surface area contributed by atoms with E-state index in [1.165, 1.54) is 13.1 Å². The zero-order chi connectivity index (χ0) is 18.6. The molecule has 8 heteroatoms. The van der Waals surface area contributed by atoms with Crippen molar-refractivity contribution in [3.63, 3.8) is 0 Å². The van der Waals surface area contributed by atoms with Crippen molar-refractivity contribution in [1.82, 2.24) is 5.01 Å². The second kappa shape index (κ2) is 8.19. The Balaban J connectivity index is 2.33. The number of aryl methyl sites for hydroxylation is 1. The van der Waals surface area contributed by atoms with E-state index >= 15 is 0 Å². The number of phenolic OH excluding ortho intramolecular Hbond substituents is 1. The summed E-state index contributed by atoms with van der Waals surface area (Å²) in [6.07, 6.45) is 0.754. The summed E-state index contributed by atoms with van der Waals surface area (Å²) in [5.41, 5.74) is 2.33. The highest BCUT2D eigenvalue weighted by Crippen LogP contribution is 2.31. The second-order valence-corrected chi connectivity index (χ2v) is 6.29. The number of rotatable bonds is 5. The number of urea groups is 1. The number of anilines is 1. The molecule has 25 heavy (non-hydrogen) atoms. The van der Waals surface area contributed by atoms with Crippen LogP contribution in [0.2, 0.25) is 0 Å². The molecule has 0 atom stereocenters. The van der Waals surface area contributed by atoms with Crippen LogP contribution in [0.15, 0.2) is 40.9 Å². The zero-order valence-electron chi connectivity index (χ0n) is 14.1. The Labute approximate surface area is 154 Å². The molecule has 5 N–H and O–H groups in total. The first-order valence-corrected chi connectivity index (χ1v) is 8.43. The molecule has 134 valence electrons. The van der Waals surface area contributed by atoms with Crippen LogP contribution in [0.5, 0.6) is 11.5 Å². The quantitative estimate of drug-likeness (QED) is 0.400. The molecule has 0 unspecified atom stereocenters. The summed E-state index contributed by atoms with van der Waals surface area (Å²) < 4.78 is 6.49. The van der Waals surface area contributed by atoms with Crippen LogP contribution in [0.4, 0.5) is 10.5 Å². The summed E-state index contributed by atoms with van der Waals surface area (Å²) in [4.78, 5) is 12.1. The van der Waals surface area contributed by atoms with Gasteiger partial charge in [0.05, 0.1) is 10.2 Å². The number of hydrazine groups is 2. The molecule has 0 saturated heterocycles. The van der Waals surface area contributed by atoms with Crippen LogP contribution in [-0.4, -0.2) is 23.2 Å². The summed E-state index contributed by atoms with van der Waals surface area (Å²) >= 11 is 3.35. The minimum atomic E-state index is -0.541. The fraction of sp³-hybridized carbons (Fsp3) is 0.235. The van der Waals surface area contributed by atoms with E-state index in [0.29, 0.717) is 15.9 Å². The lowest BCUT2D eigenvalue weighted by molar-refractivity contribution is 0.216. The maximum absolute atomic E-state index is 12.1. The number of carbonyl (C=O) groups is 1. The predicted octanol–water partition coefficient (Wildman–Crippen LogP) is 2.90. The Morgan fingerprint density at radius 2 is 2.00 bits per heavy atom. The van der Waals surface area contributed by atoms with Crippen molar-refractivity contribution >= 4 is 27.6 Å². The second-order valence-electron chi connectivity index (χ2n) is 5.44. The van der Waals surface area contributed by atoms with Gasteiger partial charge in [0.1, 0.15) is 18.1 Å². The molecule has 0 aliphatic carbocycles. The maximum atomic E-state index is 12.1. The first-order chi connectivity index (χ1) is 11.8. The van der Waals surface area contributed by atoms with Crippen LogP contribution < -0.4 is 21.4 Å². The Bertz CT molecular complexity index is 768. The Morgan fingerprint density at radius 3 is 2.60 bits per heavy atom. The Hall–Kier alpha value is -2.29. The van der Waals surface area contributed by atoms with Gasteiger partial charge in [-0.05, 0) is 52.2 Å². The molecular weight excluding hydrogens is 388 g/mol. The molecule has 0 heterocycles. The van der Waals surface area contributed by atoms with E-state index < -0.39 is 6.03 Å². The van der Waals surface area contributed by atoms with Crippen molar-refractivity contribution in [2.45, 2.75) is 20.0 Å². The van der Waals surface area contributed by atoms with Crippen LogP contribution in [0.25, 0.3) is 0 Å². The van der Waals surface area contributed by atoms with Crippen LogP contribution in [0.3, 0.4) is 0 Å². The summed E-state index contributed by atoms with van der Waals surface area (Å²) in [6, 6.07) is 9.73. The fourth-order valence-electron chi connectivity index (χ4n) is 2.37. The number of halogens is 1. The lowest BCUT2D eigenvalue weighted by Gasteiger charge is -2.24. The largest absolute Gasteiger partial charge is 0.508 e. The van der Waals surface area contributed by atoms with E-state index in [0.717, 1.165) is 27.6 Å². The van der Waals surface area contributed by atoms with Gasteiger partial charge < -0.3 is 9.84 Å². The average Bonchev–Trinajstić information content (AvgIpc) is 2.59. The molecule has 0 aromatic heterocycles. The van der Waals surface area contributed by atoms with E-state index in [1.807, 2.05) is 19.1 Å². The standard InChI is InChI=1S/C17H21BrN4O3/c1-3-11-5-4-6-15(22(20)17(24)21(2)19)13(11)10-25-16-8-7-12(23)9-14(16)18/h4-9,23H,3,10,19-20H2,1-2H3. The van der Waals surface area contributed by atoms with Crippen molar-refractivity contribution in [2.75, 3.05) is 12.1 Å². The molecule has 2 amide bonds. The van der Waals surface area contributed by atoms with Gasteiger partial charge >= 0.3 is 6.03 Å². The minimum Gasteiger partial charge on any atom is -0.508 e. The zero-order valence-corrected chi connectivity index (χ0v) is 15.7. The highest BCUT2D eigenvalue weighted by molar-refractivity contribution is 9.10. The van der Waals surface area contributed by atoms with Crippen molar-refractivity contribution < 1.29 is 14.6 Å². The van der Waals surface area contributed by atoms with Gasteiger partial charge in [-0.1, -0.05) is 19.1 Å². The normalized spacial score (nSPS) is 10.4. The van der Waals surface area contributed by atoms with Gasteiger partial charge in [-0.2, -0.15) is 0 Å². The molecular formula is C17H21BrN4O3. The molecule has 0 bridgehead atoms. The first-order valence-electron chi connectivity index (χ1n) is 7.64. The summed E-state index contributed by atoms with van der Waals surface area (Å²) in [5.74, 6) is 12.1. The van der Waals surface area contributed by atoms with Crippen molar-refractivity contribution in [3.05, 3.63) is 52.0 Å². The molecule has 0 radical (unpaired) electrons. The molecule has 2 aromatic carbocycles. The van der Waals surface area contributed by atoms with Crippen molar-refractivity contribution in [2.24, 2.45) is 11.7 Å². The number of nitrogens with zero attached hydrogens (tertiary/aromatic N) is 2. The topological polar surface area (TPSA) is 105 Å². The van der Waals surface area contributed by atoms with Gasteiger partial charge in [0.25, 0.3) is 0 Å². The molecule has 7 nitrogen and oxygen atoms in total. The number of aromatic hydroxyl groups is 1. The van der Waals surface area contributed by atoms with Gasteiger partial charge in [-0.15, -0.1) is 0 Å². The molecule has 0 saturated carbocycles. The fourth-order valence-corrected chi connectivity index (χ4v) is 2.86. The maximum Gasteiger partial charge on any atom is 0.352 e. The van der Waals surface area contributed by atoms with Gasteiger partial charge in [0.15, 0.2) is 0 Å². The van der Waals surface area contributed by atoms with Crippen molar-refractivity contribution in [1.29, 1.82) is 0 Å². The number of carbonyl (C=O) groups excluding carboxylic acids is 1.